The average molecular weight is 341 g/mol. The largest absolute Gasteiger partial charge is 0.497 e. The highest BCUT2D eigenvalue weighted by atomic mass is 16.5. The number of carbonyl (C=O) groups is 1. The highest BCUT2D eigenvalue weighted by molar-refractivity contribution is 5.76. The molecular weight excluding hydrogens is 314 g/mol. The molecule has 1 amide bonds. The normalized spacial score (nSPS) is 11.7. The topological polar surface area (TPSA) is 38.8 Å². The van der Waals surface area contributed by atoms with Gasteiger partial charge in [0.05, 0.1) is 14.2 Å². The number of hydrogen-bond donors (Lipinski definition) is 0. The maximum atomic E-state index is 12.5. The first-order chi connectivity index (χ1) is 12.0. The Morgan fingerprint density at radius 3 is 2.36 bits per heavy atom. The Bertz CT molecular complexity index is 682. The Morgan fingerprint density at radius 1 is 1.04 bits per heavy atom. The Morgan fingerprint density at radius 2 is 1.72 bits per heavy atom. The highest BCUT2D eigenvalue weighted by Gasteiger charge is 2.15. The van der Waals surface area contributed by atoms with E-state index in [2.05, 4.69) is 6.92 Å². The van der Waals surface area contributed by atoms with Gasteiger partial charge < -0.3 is 14.4 Å². The lowest BCUT2D eigenvalue weighted by Crippen LogP contribution is -2.29. The van der Waals surface area contributed by atoms with E-state index in [1.807, 2.05) is 55.6 Å². The summed E-state index contributed by atoms with van der Waals surface area (Å²) in [6, 6.07) is 15.8. The number of hydrogen-bond acceptors (Lipinski definition) is 3. The van der Waals surface area contributed by atoms with E-state index in [-0.39, 0.29) is 11.8 Å². The van der Waals surface area contributed by atoms with Crippen molar-refractivity contribution < 1.29 is 14.3 Å². The summed E-state index contributed by atoms with van der Waals surface area (Å²) in [7, 11) is 5.18. The average Bonchev–Trinajstić information content (AvgIpc) is 2.66. The Kier molecular flexibility index (Phi) is 6.87. The molecule has 0 saturated carbocycles. The Labute approximate surface area is 150 Å². The van der Waals surface area contributed by atoms with Crippen LogP contribution >= 0.6 is 0 Å². The van der Waals surface area contributed by atoms with Crippen LogP contribution in [0.2, 0.25) is 0 Å². The van der Waals surface area contributed by atoms with Crippen molar-refractivity contribution >= 4 is 5.91 Å². The van der Waals surface area contributed by atoms with Crippen LogP contribution in [0, 0.1) is 0 Å². The minimum absolute atomic E-state index is 0.151. The summed E-state index contributed by atoms with van der Waals surface area (Å²) in [6.07, 6.45) is 1.28. The van der Waals surface area contributed by atoms with Gasteiger partial charge in [-0.3, -0.25) is 4.79 Å². The number of rotatable bonds is 8. The first kappa shape index (κ1) is 18.8. The molecule has 25 heavy (non-hydrogen) atoms. The standard InChI is InChI=1S/C21H27NO3/c1-16(17-9-11-19(24-3)12-10-17)15-21(23)22(2)14-13-18-7-5-6-8-20(18)25-4/h5-12,16H,13-15H2,1-4H3. The molecule has 0 aromatic heterocycles. The summed E-state index contributed by atoms with van der Waals surface area (Å²) in [4.78, 5) is 14.3. The number of ether oxygens (including phenoxy) is 2. The smallest absolute Gasteiger partial charge is 0.222 e. The maximum Gasteiger partial charge on any atom is 0.222 e. The zero-order valence-corrected chi connectivity index (χ0v) is 15.5. The molecule has 0 aliphatic carbocycles. The summed E-state index contributed by atoms with van der Waals surface area (Å²) >= 11 is 0. The van der Waals surface area contributed by atoms with Gasteiger partial charge in [-0.05, 0) is 41.7 Å². The minimum atomic E-state index is 0.151. The molecule has 0 heterocycles. The molecule has 0 aliphatic rings. The second-order valence-corrected chi connectivity index (χ2v) is 6.26. The van der Waals surface area contributed by atoms with Gasteiger partial charge in [0.1, 0.15) is 11.5 Å². The Balaban J connectivity index is 1.88. The molecule has 1 atom stereocenters. The lowest BCUT2D eigenvalue weighted by molar-refractivity contribution is -0.130. The minimum Gasteiger partial charge on any atom is -0.497 e. The van der Waals surface area contributed by atoms with Crippen LogP contribution in [-0.4, -0.2) is 38.6 Å². The lowest BCUT2D eigenvalue weighted by Gasteiger charge is -2.20. The van der Waals surface area contributed by atoms with E-state index in [0.717, 1.165) is 29.0 Å². The van der Waals surface area contributed by atoms with Crippen LogP contribution in [0.25, 0.3) is 0 Å². The van der Waals surface area contributed by atoms with Crippen molar-refractivity contribution in [1.82, 2.24) is 4.90 Å². The predicted molar refractivity (Wildman–Crippen MR) is 100 cm³/mol. The van der Waals surface area contributed by atoms with Crippen LogP contribution in [0.5, 0.6) is 11.5 Å². The van der Waals surface area contributed by atoms with Crippen molar-refractivity contribution in [3.05, 3.63) is 59.7 Å². The van der Waals surface area contributed by atoms with Crippen molar-refractivity contribution in [3.8, 4) is 11.5 Å². The number of para-hydroxylation sites is 1. The van der Waals surface area contributed by atoms with Gasteiger partial charge in [-0.15, -0.1) is 0 Å². The highest BCUT2D eigenvalue weighted by Crippen LogP contribution is 2.23. The monoisotopic (exact) mass is 341 g/mol. The number of likely N-dealkylation sites (N-methyl/N-ethyl adjacent to an activating group) is 1. The van der Waals surface area contributed by atoms with Crippen LogP contribution in [0.4, 0.5) is 0 Å². The number of nitrogens with zero attached hydrogens (tertiary/aromatic N) is 1. The van der Waals surface area contributed by atoms with Crippen molar-refractivity contribution in [1.29, 1.82) is 0 Å². The molecule has 2 rings (SSSR count). The lowest BCUT2D eigenvalue weighted by atomic mass is 9.97. The van der Waals surface area contributed by atoms with Gasteiger partial charge >= 0.3 is 0 Å². The summed E-state index contributed by atoms with van der Waals surface area (Å²) in [5.41, 5.74) is 2.26. The molecule has 2 aromatic rings. The Hall–Kier alpha value is -2.49. The molecule has 2 aromatic carbocycles. The number of amides is 1. The van der Waals surface area contributed by atoms with E-state index >= 15 is 0 Å². The molecule has 0 fully saturated rings. The zero-order chi connectivity index (χ0) is 18.2. The second kappa shape index (κ2) is 9.11. The van der Waals surface area contributed by atoms with E-state index in [4.69, 9.17) is 9.47 Å². The molecule has 0 bridgehead atoms. The first-order valence-corrected chi connectivity index (χ1v) is 8.55. The van der Waals surface area contributed by atoms with Gasteiger partial charge in [-0.25, -0.2) is 0 Å². The van der Waals surface area contributed by atoms with Gasteiger partial charge in [0.15, 0.2) is 0 Å². The van der Waals surface area contributed by atoms with Gasteiger partial charge in [-0.2, -0.15) is 0 Å². The fraction of sp³-hybridized carbons (Fsp3) is 0.381. The van der Waals surface area contributed by atoms with E-state index in [9.17, 15) is 4.79 Å². The molecule has 0 spiro atoms. The molecule has 0 radical (unpaired) electrons. The van der Waals surface area contributed by atoms with Crippen LogP contribution in [0.15, 0.2) is 48.5 Å². The van der Waals surface area contributed by atoms with Gasteiger partial charge in [0, 0.05) is 20.0 Å². The van der Waals surface area contributed by atoms with Crippen molar-refractivity contribution in [3.63, 3.8) is 0 Å². The van der Waals surface area contributed by atoms with E-state index in [1.54, 1.807) is 19.1 Å². The van der Waals surface area contributed by atoms with E-state index in [0.29, 0.717) is 13.0 Å². The third-order valence-electron chi connectivity index (χ3n) is 4.50. The quantitative estimate of drug-likeness (QED) is 0.731. The van der Waals surface area contributed by atoms with Crippen LogP contribution in [0.3, 0.4) is 0 Å². The molecule has 134 valence electrons. The summed E-state index contributed by atoms with van der Waals surface area (Å²) < 4.78 is 10.5. The fourth-order valence-corrected chi connectivity index (χ4v) is 2.79. The fourth-order valence-electron chi connectivity index (χ4n) is 2.79. The molecule has 0 saturated heterocycles. The molecular formula is C21H27NO3. The van der Waals surface area contributed by atoms with Crippen molar-refractivity contribution in [2.24, 2.45) is 0 Å². The summed E-state index contributed by atoms with van der Waals surface area (Å²) in [5, 5.41) is 0. The van der Waals surface area contributed by atoms with Gasteiger partial charge in [0.25, 0.3) is 0 Å². The zero-order valence-electron chi connectivity index (χ0n) is 15.5. The number of carbonyl (C=O) groups excluding carboxylic acids is 1. The molecule has 4 nitrogen and oxygen atoms in total. The SMILES string of the molecule is COc1ccc(C(C)CC(=O)N(C)CCc2ccccc2OC)cc1. The van der Waals surface area contributed by atoms with Crippen molar-refractivity contribution in [2.75, 3.05) is 27.8 Å². The van der Waals surface area contributed by atoms with Crippen molar-refractivity contribution in [2.45, 2.75) is 25.7 Å². The van der Waals surface area contributed by atoms with Crippen LogP contribution in [0.1, 0.15) is 30.4 Å². The number of benzene rings is 2. The van der Waals surface area contributed by atoms with E-state index < -0.39 is 0 Å². The van der Waals surface area contributed by atoms with Gasteiger partial charge in [-0.1, -0.05) is 37.3 Å². The molecule has 0 aliphatic heterocycles. The van der Waals surface area contributed by atoms with Gasteiger partial charge in [0.2, 0.25) is 5.91 Å². The second-order valence-electron chi connectivity index (χ2n) is 6.26. The number of methoxy groups -OCH3 is 2. The molecule has 1 unspecified atom stereocenters. The predicted octanol–water partition coefficient (Wildman–Crippen LogP) is 3.90. The first-order valence-electron chi connectivity index (χ1n) is 8.55. The summed E-state index contributed by atoms with van der Waals surface area (Å²) in [5.74, 6) is 2.02. The summed E-state index contributed by atoms with van der Waals surface area (Å²) in [6.45, 7) is 2.75. The molecule has 0 N–H and O–H groups in total. The van der Waals surface area contributed by atoms with E-state index in [1.165, 1.54) is 0 Å². The maximum absolute atomic E-state index is 12.5. The van der Waals surface area contributed by atoms with Crippen LogP contribution < -0.4 is 9.47 Å². The molecule has 4 heteroatoms. The third kappa shape index (κ3) is 5.24. The third-order valence-corrected chi connectivity index (χ3v) is 4.50. The van der Waals surface area contributed by atoms with Crippen LogP contribution in [-0.2, 0) is 11.2 Å².